The molecule has 1 heterocycles. The Morgan fingerprint density at radius 3 is 2.15 bits per heavy atom. The second-order valence-corrected chi connectivity index (χ2v) is 7.90. The van der Waals surface area contributed by atoms with E-state index in [1.165, 1.54) is 29.2 Å². The van der Waals surface area contributed by atoms with E-state index in [-0.39, 0.29) is 48.2 Å². The van der Waals surface area contributed by atoms with Crippen molar-refractivity contribution < 1.29 is 35.9 Å². The summed E-state index contributed by atoms with van der Waals surface area (Å²) in [5.41, 5.74) is -2.75. The number of halogens is 6. The number of likely N-dealkylation sites (tertiary alicyclic amines) is 1. The average molecular weight is 489 g/mol. The van der Waals surface area contributed by atoms with E-state index in [9.17, 15) is 36.0 Å². The number of ether oxygens (including phenoxy) is 1. The molecule has 0 bridgehead atoms. The summed E-state index contributed by atoms with van der Waals surface area (Å²) in [7, 11) is 0. The molecule has 1 aliphatic heterocycles. The highest BCUT2D eigenvalue weighted by Crippen LogP contribution is 2.36. The largest absolute Gasteiger partial charge is 0.416 e. The van der Waals surface area contributed by atoms with Crippen LogP contribution < -0.4 is 10.1 Å². The summed E-state index contributed by atoms with van der Waals surface area (Å²) in [5, 5.41) is 5.70. The number of carbonyl (C=O) groups is 1. The summed E-state index contributed by atoms with van der Waals surface area (Å²) >= 11 is 0. The Labute approximate surface area is 190 Å². The zero-order chi connectivity index (χ0) is 25.1. The van der Waals surface area contributed by atoms with Crippen molar-refractivity contribution in [2.45, 2.75) is 50.7 Å². The SMILES string of the molecule is CC[C@@H]1C[C@H](NCc2cc(C(F)(F)F)cc(C(F)(F)F)c2)CN1C(=O)Oc1ccc(N=O)cc1. The van der Waals surface area contributed by atoms with E-state index in [0.717, 1.165) is 0 Å². The topological polar surface area (TPSA) is 71.0 Å². The molecular weight excluding hydrogens is 468 g/mol. The third-order valence-corrected chi connectivity index (χ3v) is 5.51. The molecule has 1 saturated heterocycles. The van der Waals surface area contributed by atoms with Crippen molar-refractivity contribution in [2.24, 2.45) is 5.18 Å². The molecule has 184 valence electrons. The van der Waals surface area contributed by atoms with Gasteiger partial charge in [-0.15, -0.1) is 4.91 Å². The molecule has 1 N–H and O–H groups in total. The molecule has 6 nitrogen and oxygen atoms in total. The van der Waals surface area contributed by atoms with Crippen LogP contribution >= 0.6 is 0 Å². The van der Waals surface area contributed by atoms with Gasteiger partial charge in [-0.25, -0.2) is 4.79 Å². The Balaban J connectivity index is 1.67. The molecule has 1 amide bonds. The van der Waals surface area contributed by atoms with Crippen LogP contribution in [0.4, 0.5) is 36.8 Å². The Morgan fingerprint density at radius 1 is 1.06 bits per heavy atom. The molecule has 34 heavy (non-hydrogen) atoms. The fraction of sp³-hybridized carbons (Fsp3) is 0.409. The number of amides is 1. The van der Waals surface area contributed by atoms with Crippen LogP contribution in [-0.4, -0.2) is 29.6 Å². The number of nitrogens with one attached hydrogen (secondary N) is 1. The van der Waals surface area contributed by atoms with Gasteiger partial charge in [-0.1, -0.05) is 6.92 Å². The maximum atomic E-state index is 13.1. The van der Waals surface area contributed by atoms with Gasteiger partial charge >= 0.3 is 18.4 Å². The quantitative estimate of drug-likeness (QED) is 0.384. The van der Waals surface area contributed by atoms with Crippen molar-refractivity contribution in [3.05, 3.63) is 64.1 Å². The number of benzene rings is 2. The molecule has 0 spiro atoms. The minimum atomic E-state index is -4.92. The van der Waals surface area contributed by atoms with Crippen molar-refractivity contribution in [1.29, 1.82) is 0 Å². The van der Waals surface area contributed by atoms with Crippen LogP contribution in [0.3, 0.4) is 0 Å². The van der Waals surface area contributed by atoms with E-state index >= 15 is 0 Å². The van der Waals surface area contributed by atoms with E-state index in [1.54, 1.807) is 0 Å². The molecule has 12 heteroatoms. The van der Waals surface area contributed by atoms with Crippen LogP contribution in [0.25, 0.3) is 0 Å². The lowest BCUT2D eigenvalue weighted by atomic mass is 10.0. The zero-order valence-electron chi connectivity index (χ0n) is 17.9. The number of hydrogen-bond donors (Lipinski definition) is 1. The second kappa shape index (κ2) is 10.00. The first-order valence-corrected chi connectivity index (χ1v) is 10.3. The lowest BCUT2D eigenvalue weighted by molar-refractivity contribution is -0.143. The van der Waals surface area contributed by atoms with Crippen LogP contribution in [0.2, 0.25) is 0 Å². The highest BCUT2D eigenvalue weighted by atomic mass is 19.4. The minimum Gasteiger partial charge on any atom is -0.410 e. The van der Waals surface area contributed by atoms with Crippen LogP contribution in [0, 0.1) is 4.91 Å². The fourth-order valence-electron chi connectivity index (χ4n) is 3.79. The maximum absolute atomic E-state index is 13.1. The Bertz CT molecular complexity index is 992. The number of nitrogens with zero attached hydrogens (tertiary/aromatic N) is 2. The van der Waals surface area contributed by atoms with Gasteiger partial charge in [0, 0.05) is 25.2 Å². The summed E-state index contributed by atoms with van der Waals surface area (Å²) in [6.45, 7) is 1.77. The van der Waals surface area contributed by atoms with Crippen LogP contribution in [0.5, 0.6) is 5.75 Å². The number of rotatable bonds is 6. The van der Waals surface area contributed by atoms with Crippen LogP contribution in [0.1, 0.15) is 36.5 Å². The van der Waals surface area contributed by atoms with Gasteiger partial charge in [0.05, 0.1) is 11.1 Å². The first-order valence-electron chi connectivity index (χ1n) is 10.3. The summed E-state index contributed by atoms with van der Waals surface area (Å²) in [6, 6.07) is 6.44. The summed E-state index contributed by atoms with van der Waals surface area (Å²) in [6.07, 6.45) is -9.47. The molecule has 0 aromatic heterocycles. The van der Waals surface area contributed by atoms with Gasteiger partial charge in [0.25, 0.3) is 0 Å². The number of hydrogen-bond acceptors (Lipinski definition) is 5. The van der Waals surface area contributed by atoms with Gasteiger partial charge in [-0.2, -0.15) is 26.3 Å². The van der Waals surface area contributed by atoms with E-state index < -0.39 is 29.6 Å². The zero-order valence-corrected chi connectivity index (χ0v) is 17.9. The molecule has 0 unspecified atom stereocenters. The van der Waals surface area contributed by atoms with Crippen LogP contribution in [0.15, 0.2) is 47.6 Å². The molecular formula is C22H21F6N3O3. The predicted octanol–water partition coefficient (Wildman–Crippen LogP) is 6.26. The smallest absolute Gasteiger partial charge is 0.410 e. The van der Waals surface area contributed by atoms with Gasteiger partial charge in [0.15, 0.2) is 0 Å². The number of alkyl halides is 6. The second-order valence-electron chi connectivity index (χ2n) is 7.90. The molecule has 3 rings (SSSR count). The molecule has 0 radical (unpaired) electrons. The first kappa shape index (κ1) is 25.5. The van der Waals surface area contributed by atoms with Gasteiger partial charge in [-0.3, -0.25) is 0 Å². The summed E-state index contributed by atoms with van der Waals surface area (Å²) in [4.78, 5) is 24.5. The van der Waals surface area contributed by atoms with Crippen molar-refractivity contribution in [2.75, 3.05) is 6.54 Å². The summed E-state index contributed by atoms with van der Waals surface area (Å²) < 4.78 is 83.7. The monoisotopic (exact) mass is 489 g/mol. The third kappa shape index (κ3) is 6.25. The molecule has 2 aromatic carbocycles. The lowest BCUT2D eigenvalue weighted by Crippen LogP contribution is -2.39. The average Bonchev–Trinajstić information content (AvgIpc) is 3.20. The fourth-order valence-corrected chi connectivity index (χ4v) is 3.79. The lowest BCUT2D eigenvalue weighted by Gasteiger charge is -2.22. The highest BCUT2D eigenvalue weighted by Gasteiger charge is 2.38. The molecule has 2 atom stereocenters. The van der Waals surface area contributed by atoms with Crippen molar-refractivity contribution in [3.63, 3.8) is 0 Å². The van der Waals surface area contributed by atoms with E-state index in [4.69, 9.17) is 4.74 Å². The molecule has 0 aliphatic carbocycles. The van der Waals surface area contributed by atoms with Gasteiger partial charge in [0.2, 0.25) is 0 Å². The van der Waals surface area contributed by atoms with Crippen molar-refractivity contribution >= 4 is 11.8 Å². The van der Waals surface area contributed by atoms with Crippen molar-refractivity contribution in [3.8, 4) is 5.75 Å². The van der Waals surface area contributed by atoms with E-state index in [1.807, 2.05) is 6.92 Å². The highest BCUT2D eigenvalue weighted by molar-refractivity contribution is 5.71. The normalized spacial score (nSPS) is 18.7. The van der Waals surface area contributed by atoms with Crippen LogP contribution in [-0.2, 0) is 18.9 Å². The Kier molecular flexibility index (Phi) is 7.49. The molecule has 0 saturated carbocycles. The molecule has 1 fully saturated rings. The minimum absolute atomic E-state index is 0.0849. The predicted molar refractivity (Wildman–Crippen MR) is 110 cm³/mol. The maximum Gasteiger partial charge on any atom is 0.416 e. The van der Waals surface area contributed by atoms with Gasteiger partial charge in [-0.05, 0) is 66.0 Å². The van der Waals surface area contributed by atoms with Gasteiger partial charge in [0.1, 0.15) is 11.4 Å². The van der Waals surface area contributed by atoms with E-state index in [2.05, 4.69) is 10.5 Å². The van der Waals surface area contributed by atoms with E-state index in [0.29, 0.717) is 25.0 Å². The first-order chi connectivity index (χ1) is 15.9. The third-order valence-electron chi connectivity index (χ3n) is 5.51. The standard InChI is InChI=1S/C22H21F6N3O3/c1-2-18-10-17(12-31(18)20(32)34-19-5-3-16(30-33)4-6-19)29-11-13-7-14(21(23,24)25)9-15(8-13)22(26,27)28/h3-9,17-18,29H,2,10-12H2,1H3/t17-,18+/m0/s1. The van der Waals surface area contributed by atoms with Gasteiger partial charge < -0.3 is 15.0 Å². The number of nitroso groups, excluding NO2 is 1. The number of carbonyl (C=O) groups excluding carboxylic acids is 1. The molecule has 2 aromatic rings. The van der Waals surface area contributed by atoms with Crippen molar-refractivity contribution in [1.82, 2.24) is 10.2 Å². The molecule has 1 aliphatic rings. The Hall–Kier alpha value is -3.15. The Morgan fingerprint density at radius 2 is 1.65 bits per heavy atom. The summed E-state index contributed by atoms with van der Waals surface area (Å²) in [5.74, 6) is 0.201.